The van der Waals surface area contributed by atoms with E-state index >= 15 is 0 Å². The van der Waals surface area contributed by atoms with Crippen LogP contribution in [-0.4, -0.2) is 76.6 Å². The smallest absolute Gasteiger partial charge is 0.235 e. The van der Waals surface area contributed by atoms with E-state index in [1.54, 1.807) is 0 Å². The van der Waals surface area contributed by atoms with Crippen LogP contribution >= 0.6 is 0 Å². The molecule has 0 atom stereocenters. The minimum Gasteiger partial charge on any atom is -0.379 e. The molecule has 8 heteroatoms. The van der Waals surface area contributed by atoms with Crippen LogP contribution in [-0.2, 0) is 19.6 Å². The quantitative estimate of drug-likeness (QED) is 0.426. The van der Waals surface area contributed by atoms with E-state index in [2.05, 4.69) is 4.90 Å². The predicted octanol–water partition coefficient (Wildman–Crippen LogP) is 0.0309. The van der Waals surface area contributed by atoms with E-state index in [0.29, 0.717) is 19.6 Å². The molecular formula is C13H29N3O4S. The average Bonchev–Trinajstić information content (AvgIpc) is 2.48. The van der Waals surface area contributed by atoms with Crippen molar-refractivity contribution < 1.29 is 18.0 Å². The Labute approximate surface area is 128 Å². The summed E-state index contributed by atoms with van der Waals surface area (Å²) in [5.41, 5.74) is 5.40. The summed E-state index contributed by atoms with van der Waals surface area (Å²) >= 11 is 0. The molecule has 2 N–H and O–H groups in total. The maximum atomic E-state index is 12.0. The molecule has 0 amide bonds. The Morgan fingerprint density at radius 3 is 2.52 bits per heavy atom. The van der Waals surface area contributed by atoms with Crippen molar-refractivity contribution in [2.45, 2.75) is 25.7 Å². The molecule has 1 aliphatic rings. The van der Waals surface area contributed by atoms with E-state index in [1.165, 1.54) is 7.05 Å². The van der Waals surface area contributed by atoms with E-state index in [-0.39, 0.29) is 5.75 Å². The zero-order valence-electron chi connectivity index (χ0n) is 13.0. The lowest BCUT2D eigenvalue weighted by molar-refractivity contribution is -0.0777. The van der Waals surface area contributed by atoms with Crippen LogP contribution in [0.4, 0.5) is 0 Å². The zero-order valence-corrected chi connectivity index (χ0v) is 13.8. The number of hydrogen-bond acceptors (Lipinski definition) is 6. The Morgan fingerprint density at radius 1 is 1.19 bits per heavy atom. The van der Waals surface area contributed by atoms with Gasteiger partial charge in [-0.25, -0.2) is 8.42 Å². The van der Waals surface area contributed by atoms with E-state index in [4.69, 9.17) is 15.3 Å². The van der Waals surface area contributed by atoms with Gasteiger partial charge in [0.25, 0.3) is 0 Å². The molecule has 0 aromatic heterocycles. The number of sulfonamides is 1. The van der Waals surface area contributed by atoms with Crippen LogP contribution in [0.3, 0.4) is 0 Å². The molecule has 7 nitrogen and oxygen atoms in total. The molecule has 0 aromatic rings. The summed E-state index contributed by atoms with van der Waals surface area (Å²) in [5.74, 6) is 0.131. The van der Waals surface area contributed by atoms with Crippen LogP contribution in [0.15, 0.2) is 0 Å². The van der Waals surface area contributed by atoms with Crippen LogP contribution in [0.5, 0.6) is 0 Å². The van der Waals surface area contributed by atoms with Gasteiger partial charge >= 0.3 is 0 Å². The lowest BCUT2D eigenvalue weighted by Gasteiger charge is -2.27. The number of rotatable bonds is 11. The Bertz CT molecular complexity index is 358. The van der Waals surface area contributed by atoms with E-state index in [0.717, 1.165) is 56.6 Å². The van der Waals surface area contributed by atoms with E-state index in [9.17, 15) is 8.42 Å². The summed E-state index contributed by atoms with van der Waals surface area (Å²) in [6.45, 7) is 4.98. The summed E-state index contributed by atoms with van der Waals surface area (Å²) in [7, 11) is -1.85. The molecule has 0 bridgehead atoms. The van der Waals surface area contributed by atoms with Crippen LogP contribution in [0.25, 0.3) is 0 Å². The fourth-order valence-corrected chi connectivity index (χ4v) is 3.18. The summed E-state index contributed by atoms with van der Waals surface area (Å²) in [4.78, 5) is 7.54. The maximum absolute atomic E-state index is 12.0. The number of ether oxygens (including phenoxy) is 1. The van der Waals surface area contributed by atoms with Gasteiger partial charge in [0.1, 0.15) is 0 Å². The van der Waals surface area contributed by atoms with E-state index in [1.807, 2.05) is 0 Å². The SMILES string of the molecule is CN(OCCN1CCOCC1)S(=O)(=O)CCCCCCN. The Kier molecular flexibility index (Phi) is 9.37. The van der Waals surface area contributed by atoms with Gasteiger partial charge in [0, 0.05) is 26.7 Å². The van der Waals surface area contributed by atoms with Crippen molar-refractivity contribution in [3.8, 4) is 0 Å². The number of hydrogen-bond donors (Lipinski definition) is 1. The Balaban J connectivity index is 2.14. The zero-order chi connectivity index (χ0) is 15.6. The lowest BCUT2D eigenvalue weighted by atomic mass is 10.2. The largest absolute Gasteiger partial charge is 0.379 e. The van der Waals surface area contributed by atoms with Crippen molar-refractivity contribution in [2.75, 3.05) is 58.8 Å². The molecule has 126 valence electrons. The minimum atomic E-state index is -3.31. The first-order valence-electron chi connectivity index (χ1n) is 7.66. The monoisotopic (exact) mass is 323 g/mol. The lowest BCUT2D eigenvalue weighted by Crippen LogP contribution is -2.40. The molecule has 0 aliphatic carbocycles. The molecule has 0 unspecified atom stereocenters. The summed E-state index contributed by atoms with van der Waals surface area (Å²) in [6, 6.07) is 0. The predicted molar refractivity (Wildman–Crippen MR) is 82.3 cm³/mol. The highest BCUT2D eigenvalue weighted by molar-refractivity contribution is 7.88. The molecule has 0 aromatic carbocycles. The van der Waals surface area contributed by atoms with Crippen molar-refractivity contribution >= 4 is 10.0 Å². The second kappa shape index (κ2) is 10.5. The van der Waals surface area contributed by atoms with Gasteiger partial charge in [0.2, 0.25) is 10.0 Å². The van der Waals surface area contributed by atoms with Gasteiger partial charge in [-0.3, -0.25) is 9.74 Å². The Morgan fingerprint density at radius 2 is 1.86 bits per heavy atom. The molecule has 1 fully saturated rings. The Hall–Kier alpha value is -0.250. The number of unbranched alkanes of at least 4 members (excludes halogenated alkanes) is 3. The van der Waals surface area contributed by atoms with Gasteiger partial charge in [0.05, 0.1) is 25.6 Å². The topological polar surface area (TPSA) is 85.1 Å². The van der Waals surface area contributed by atoms with Crippen LogP contribution in [0.1, 0.15) is 25.7 Å². The number of morpholine rings is 1. The minimum absolute atomic E-state index is 0.131. The molecule has 0 radical (unpaired) electrons. The highest BCUT2D eigenvalue weighted by atomic mass is 32.2. The van der Waals surface area contributed by atoms with Gasteiger partial charge in [-0.1, -0.05) is 17.3 Å². The fraction of sp³-hybridized carbons (Fsp3) is 1.00. The first-order chi connectivity index (χ1) is 10.1. The molecule has 1 rings (SSSR count). The van der Waals surface area contributed by atoms with Crippen LogP contribution < -0.4 is 5.73 Å². The van der Waals surface area contributed by atoms with Crippen molar-refractivity contribution in [3.05, 3.63) is 0 Å². The molecule has 1 heterocycles. The average molecular weight is 323 g/mol. The highest BCUT2D eigenvalue weighted by Gasteiger charge is 2.18. The molecule has 1 saturated heterocycles. The first-order valence-corrected chi connectivity index (χ1v) is 9.27. The molecule has 0 spiro atoms. The van der Waals surface area contributed by atoms with E-state index < -0.39 is 10.0 Å². The molecular weight excluding hydrogens is 294 g/mol. The number of nitrogens with zero attached hydrogens (tertiary/aromatic N) is 2. The summed E-state index contributed by atoms with van der Waals surface area (Å²) in [5, 5.41) is 0. The summed E-state index contributed by atoms with van der Waals surface area (Å²) < 4.78 is 30.2. The fourth-order valence-electron chi connectivity index (χ4n) is 2.11. The van der Waals surface area contributed by atoms with Gasteiger partial charge < -0.3 is 10.5 Å². The first kappa shape index (κ1) is 18.8. The third-order valence-corrected chi connectivity index (χ3v) is 5.23. The molecule has 0 saturated carbocycles. The summed E-state index contributed by atoms with van der Waals surface area (Å²) in [6.07, 6.45) is 3.47. The van der Waals surface area contributed by atoms with Gasteiger partial charge in [-0.15, -0.1) is 0 Å². The molecule has 1 aliphatic heterocycles. The van der Waals surface area contributed by atoms with Crippen LogP contribution in [0, 0.1) is 0 Å². The van der Waals surface area contributed by atoms with Crippen molar-refractivity contribution in [2.24, 2.45) is 5.73 Å². The van der Waals surface area contributed by atoms with Gasteiger partial charge in [-0.05, 0) is 19.4 Å². The highest BCUT2D eigenvalue weighted by Crippen LogP contribution is 2.06. The van der Waals surface area contributed by atoms with Crippen molar-refractivity contribution in [1.29, 1.82) is 0 Å². The number of hydroxylamine groups is 1. The van der Waals surface area contributed by atoms with Gasteiger partial charge in [-0.2, -0.15) is 0 Å². The van der Waals surface area contributed by atoms with Crippen molar-refractivity contribution in [1.82, 2.24) is 9.37 Å². The normalized spacial score (nSPS) is 17.5. The standard InChI is InChI=1S/C13H29N3O4S/c1-15(20-12-9-16-7-10-19-11-8-16)21(17,18)13-5-3-2-4-6-14/h2-14H2,1H3. The third-order valence-electron chi connectivity index (χ3n) is 3.53. The second-order valence-corrected chi connectivity index (χ2v) is 7.30. The van der Waals surface area contributed by atoms with Gasteiger partial charge in [0.15, 0.2) is 0 Å². The molecule has 21 heavy (non-hydrogen) atoms. The number of nitrogens with two attached hydrogens (primary N) is 1. The second-order valence-electron chi connectivity index (χ2n) is 5.22. The van der Waals surface area contributed by atoms with Crippen molar-refractivity contribution in [3.63, 3.8) is 0 Å². The maximum Gasteiger partial charge on any atom is 0.235 e. The van der Waals surface area contributed by atoms with Crippen LogP contribution in [0.2, 0.25) is 0 Å². The third kappa shape index (κ3) is 8.08.